The molecule has 1 aromatic heterocycles. The molecule has 0 N–H and O–H groups in total. The van der Waals surface area contributed by atoms with E-state index >= 15 is 0 Å². The Morgan fingerprint density at radius 1 is 0.329 bits per heavy atom. The molecule has 85 heavy (non-hydrogen) atoms. The lowest BCUT2D eigenvalue weighted by atomic mass is 9.33. The molecule has 0 spiro atoms. The van der Waals surface area contributed by atoms with Gasteiger partial charge in [0.25, 0.3) is 6.71 Å². The zero-order chi connectivity index (χ0) is 59.7. The van der Waals surface area contributed by atoms with Crippen LogP contribution in [-0.4, -0.2) is 6.71 Å². The van der Waals surface area contributed by atoms with Gasteiger partial charge in [-0.2, -0.15) is 0 Å². The number of hydrogen-bond donors (Lipinski definition) is 0. The van der Waals surface area contributed by atoms with Gasteiger partial charge in [0, 0.05) is 73.1 Å². The Kier molecular flexibility index (Phi) is 13.1. The van der Waals surface area contributed by atoms with Gasteiger partial charge in [-0.1, -0.05) is 237 Å². The molecule has 11 aromatic rings. The predicted molar refractivity (Wildman–Crippen MR) is 367 cm³/mol. The lowest BCUT2D eigenvalue weighted by Gasteiger charge is -2.45. The summed E-state index contributed by atoms with van der Waals surface area (Å²) in [5.41, 5.74) is 26.7. The van der Waals surface area contributed by atoms with E-state index in [0.717, 1.165) is 67.2 Å². The molecule has 424 valence electrons. The molecule has 0 saturated heterocycles. The van der Waals surface area contributed by atoms with Gasteiger partial charge in [-0.05, 0) is 161 Å². The minimum absolute atomic E-state index is 0.00759. The van der Waals surface area contributed by atoms with Gasteiger partial charge in [-0.3, -0.25) is 0 Å². The van der Waals surface area contributed by atoms with Crippen molar-refractivity contribution in [3.05, 3.63) is 240 Å². The van der Waals surface area contributed by atoms with Crippen molar-refractivity contribution in [2.75, 3.05) is 14.7 Å². The van der Waals surface area contributed by atoms with Crippen molar-refractivity contribution in [3.63, 3.8) is 0 Å². The molecule has 10 aromatic carbocycles. The van der Waals surface area contributed by atoms with Gasteiger partial charge >= 0.3 is 0 Å². The van der Waals surface area contributed by atoms with Crippen LogP contribution in [0.25, 0.3) is 44.2 Å². The predicted octanol–water partition coefficient (Wildman–Crippen LogP) is 21.0. The summed E-state index contributed by atoms with van der Waals surface area (Å²) in [5, 5.41) is 2.29. The van der Waals surface area contributed by atoms with Crippen molar-refractivity contribution in [1.29, 1.82) is 0 Å². The average molecular weight is 1110 g/mol. The van der Waals surface area contributed by atoms with Crippen LogP contribution in [0.1, 0.15) is 132 Å². The van der Waals surface area contributed by atoms with Gasteiger partial charge in [0.2, 0.25) is 0 Å². The second-order valence-corrected chi connectivity index (χ2v) is 29.2. The maximum atomic E-state index is 6.99. The van der Waals surface area contributed by atoms with E-state index in [1.165, 1.54) is 72.4 Å². The van der Waals surface area contributed by atoms with Gasteiger partial charge in [-0.25, -0.2) is 0 Å². The molecule has 0 radical (unpaired) electrons. The molecule has 0 atom stereocenters. The Hall–Kier alpha value is -8.54. The van der Waals surface area contributed by atoms with E-state index in [1.54, 1.807) is 0 Å². The summed E-state index contributed by atoms with van der Waals surface area (Å²) < 4.78 is 6.99. The molecule has 2 aliphatic heterocycles. The SMILES string of the molecule is CC(C)(C)c1ccc(N(c2ccc(C(C)(C)C)cc2)c2ccc3c(c2)N(c2ccc(-c4cccc5c4oc4c(C(C)(C)C)cccc45)cc2)c2cc(C(C)(C)C)cc4c2B3c2cc(-c3ccccc3)ccc2N4c2ccc(C(C)(C)C)cc2)cc1. The van der Waals surface area contributed by atoms with Crippen LogP contribution in [0.3, 0.4) is 0 Å². The topological polar surface area (TPSA) is 22.9 Å². The van der Waals surface area contributed by atoms with Crippen LogP contribution in [0.2, 0.25) is 0 Å². The fraction of sp³-hybridized carbons (Fsp3) is 0.250. The third-order valence-electron chi connectivity index (χ3n) is 18.0. The van der Waals surface area contributed by atoms with Crippen molar-refractivity contribution in [1.82, 2.24) is 0 Å². The van der Waals surface area contributed by atoms with Crippen LogP contribution in [0.4, 0.5) is 51.2 Å². The van der Waals surface area contributed by atoms with Crippen LogP contribution in [0.5, 0.6) is 0 Å². The number of rotatable bonds is 7. The molecule has 4 nitrogen and oxygen atoms in total. The monoisotopic (exact) mass is 1110 g/mol. The lowest BCUT2D eigenvalue weighted by Crippen LogP contribution is -2.61. The first-order valence-corrected chi connectivity index (χ1v) is 30.6. The highest BCUT2D eigenvalue weighted by Crippen LogP contribution is 2.50. The second kappa shape index (κ2) is 20.1. The molecule has 0 saturated carbocycles. The number of fused-ring (bicyclic) bond motifs is 7. The van der Waals surface area contributed by atoms with Gasteiger partial charge in [0.05, 0.1) is 0 Å². The molecule has 2 aliphatic rings. The van der Waals surface area contributed by atoms with Crippen molar-refractivity contribution in [2.24, 2.45) is 0 Å². The van der Waals surface area contributed by atoms with Crippen molar-refractivity contribution >= 4 is 96.2 Å². The third-order valence-corrected chi connectivity index (χ3v) is 18.0. The molecular formula is C80H80BN3O. The fourth-order valence-corrected chi connectivity index (χ4v) is 13.1. The average Bonchev–Trinajstić information content (AvgIpc) is 1.30. The van der Waals surface area contributed by atoms with Crippen LogP contribution in [-0.2, 0) is 27.1 Å². The standard InChI is InChI=1S/C80H80BN3O/c1-76(2,3)54-30-38-58(39-31-54)82(59-40-32-55(33-41-59)77(4,5)6)62-44-45-67-70(50-62)84(60-36-27-52(28-37-60)63-23-19-24-64-65-25-20-26-66(80(13,14)15)75(65)85-74(63)64)72-49-57(79(10,11)12)48-71-73(72)81(67)68-47-53(51-21-17-16-18-22-51)29-46-69(68)83(71)61-42-34-56(35-43-61)78(7,8)9/h16-50H,1-15H3. The summed E-state index contributed by atoms with van der Waals surface area (Å²) in [6.45, 7) is 34.4. The maximum absolute atomic E-state index is 6.99. The molecule has 0 unspecified atom stereocenters. The Balaban J connectivity index is 1.08. The highest BCUT2D eigenvalue weighted by Gasteiger charge is 2.45. The number of para-hydroxylation sites is 2. The van der Waals surface area contributed by atoms with E-state index in [0.29, 0.717) is 0 Å². The maximum Gasteiger partial charge on any atom is 0.252 e. The number of hydrogen-bond acceptors (Lipinski definition) is 4. The number of furan rings is 1. The first kappa shape index (κ1) is 55.6. The van der Waals surface area contributed by atoms with Gasteiger partial charge in [-0.15, -0.1) is 0 Å². The van der Waals surface area contributed by atoms with E-state index in [-0.39, 0.29) is 33.8 Å². The minimum atomic E-state index is -0.189. The van der Waals surface area contributed by atoms with Gasteiger partial charge in [0.15, 0.2) is 0 Å². The third kappa shape index (κ3) is 9.84. The molecule has 13 rings (SSSR count). The summed E-state index contributed by atoms with van der Waals surface area (Å²) in [7, 11) is 0. The first-order chi connectivity index (χ1) is 40.3. The van der Waals surface area contributed by atoms with E-state index in [1.807, 2.05) is 0 Å². The van der Waals surface area contributed by atoms with Crippen LogP contribution >= 0.6 is 0 Å². The molecule has 0 fully saturated rings. The summed E-state index contributed by atoms with van der Waals surface area (Å²) in [4.78, 5) is 7.60. The Morgan fingerprint density at radius 2 is 0.812 bits per heavy atom. The number of anilines is 9. The summed E-state index contributed by atoms with van der Waals surface area (Å²) >= 11 is 0. The first-order valence-electron chi connectivity index (χ1n) is 30.6. The largest absolute Gasteiger partial charge is 0.455 e. The number of nitrogens with zero attached hydrogens (tertiary/aromatic N) is 3. The Labute approximate surface area is 505 Å². The summed E-state index contributed by atoms with van der Waals surface area (Å²) in [5.74, 6) is 0. The highest BCUT2D eigenvalue weighted by atomic mass is 16.3. The van der Waals surface area contributed by atoms with E-state index in [4.69, 9.17) is 4.42 Å². The normalized spacial score (nSPS) is 13.5. The molecular weight excluding hydrogens is 1030 g/mol. The molecule has 5 heteroatoms. The van der Waals surface area contributed by atoms with Crippen LogP contribution < -0.4 is 31.1 Å². The Morgan fingerprint density at radius 3 is 1.35 bits per heavy atom. The highest BCUT2D eigenvalue weighted by molar-refractivity contribution is 7.00. The van der Waals surface area contributed by atoms with Crippen molar-refractivity contribution < 1.29 is 4.42 Å². The summed E-state index contributed by atoms with van der Waals surface area (Å²) in [6.07, 6.45) is 0. The smallest absolute Gasteiger partial charge is 0.252 e. The molecule has 0 amide bonds. The minimum Gasteiger partial charge on any atom is -0.455 e. The van der Waals surface area contributed by atoms with Crippen molar-refractivity contribution in [2.45, 2.75) is 131 Å². The van der Waals surface area contributed by atoms with Crippen LogP contribution in [0, 0.1) is 0 Å². The zero-order valence-electron chi connectivity index (χ0n) is 52.5. The second-order valence-electron chi connectivity index (χ2n) is 29.2. The molecule has 0 bridgehead atoms. The van der Waals surface area contributed by atoms with Crippen molar-refractivity contribution in [3.8, 4) is 22.3 Å². The van der Waals surface area contributed by atoms with Gasteiger partial charge in [0.1, 0.15) is 11.2 Å². The van der Waals surface area contributed by atoms with E-state index < -0.39 is 0 Å². The molecule has 3 heterocycles. The quantitative estimate of drug-likeness (QED) is 0.148. The zero-order valence-corrected chi connectivity index (χ0v) is 52.5. The number of benzene rings is 10. The van der Waals surface area contributed by atoms with Gasteiger partial charge < -0.3 is 19.1 Å². The fourth-order valence-electron chi connectivity index (χ4n) is 13.1. The van der Waals surface area contributed by atoms with E-state index in [9.17, 15) is 0 Å². The lowest BCUT2D eigenvalue weighted by molar-refractivity contribution is 0.573. The van der Waals surface area contributed by atoms with E-state index in [2.05, 4.69) is 331 Å². The molecule has 0 aliphatic carbocycles. The van der Waals surface area contributed by atoms with Crippen LogP contribution in [0.15, 0.2) is 217 Å². The Bertz CT molecular complexity index is 4290. The summed E-state index contributed by atoms with van der Waals surface area (Å²) in [6, 6.07) is 80.7.